The zero-order chi connectivity index (χ0) is 8.39. The van der Waals surface area contributed by atoms with E-state index >= 15 is 0 Å². The third kappa shape index (κ3) is 1.37. The van der Waals surface area contributed by atoms with E-state index in [0.29, 0.717) is 0 Å². The molecular weight excluding hydrogens is 216 g/mol. The van der Waals surface area contributed by atoms with Gasteiger partial charge in [0.05, 0.1) is 4.47 Å². The van der Waals surface area contributed by atoms with Gasteiger partial charge in [-0.25, -0.2) is 4.98 Å². The second-order valence-corrected chi connectivity index (χ2v) is 3.54. The lowest BCUT2D eigenvalue weighted by Gasteiger charge is -2.17. The van der Waals surface area contributed by atoms with Gasteiger partial charge in [0.25, 0.3) is 0 Å². The van der Waals surface area contributed by atoms with Crippen molar-refractivity contribution in [3.63, 3.8) is 0 Å². The summed E-state index contributed by atoms with van der Waals surface area (Å²) in [6.45, 7) is 1.94. The second-order valence-electron chi connectivity index (χ2n) is 2.69. The highest BCUT2D eigenvalue weighted by molar-refractivity contribution is 9.10. The molecule has 0 fully saturated rings. The van der Waals surface area contributed by atoms with Gasteiger partial charge in [-0.1, -0.05) is 12.2 Å². The lowest BCUT2D eigenvalue weighted by molar-refractivity contribution is 0.963. The Kier molecular flexibility index (Phi) is 2.13. The Morgan fingerprint density at radius 2 is 2.08 bits per heavy atom. The molecule has 1 aromatic heterocycles. The fourth-order valence-electron chi connectivity index (χ4n) is 1.26. The van der Waals surface area contributed by atoms with Gasteiger partial charge < -0.3 is 4.90 Å². The molecule has 0 unspecified atom stereocenters. The minimum atomic E-state index is 0.968. The Morgan fingerprint density at radius 3 is 2.75 bits per heavy atom. The summed E-state index contributed by atoms with van der Waals surface area (Å²) < 4.78 is 1.06. The van der Waals surface area contributed by atoms with E-state index in [-0.39, 0.29) is 0 Å². The molecule has 0 saturated carbocycles. The van der Waals surface area contributed by atoms with Crippen LogP contribution >= 0.6 is 15.9 Å². The molecule has 1 aliphatic heterocycles. The number of pyridine rings is 1. The second kappa shape index (κ2) is 3.27. The Hall–Kier alpha value is -0.830. The molecule has 3 heteroatoms. The average Bonchev–Trinajstić information content (AvgIpc) is 2.57. The van der Waals surface area contributed by atoms with Crippen molar-refractivity contribution in [1.82, 2.24) is 4.98 Å². The van der Waals surface area contributed by atoms with Crippen LogP contribution in [0.4, 0.5) is 5.82 Å². The van der Waals surface area contributed by atoms with Crippen LogP contribution in [0.25, 0.3) is 0 Å². The summed E-state index contributed by atoms with van der Waals surface area (Å²) in [6.07, 6.45) is 6.13. The van der Waals surface area contributed by atoms with Gasteiger partial charge in [0, 0.05) is 19.3 Å². The average molecular weight is 225 g/mol. The zero-order valence-electron chi connectivity index (χ0n) is 6.57. The predicted octanol–water partition coefficient (Wildman–Crippen LogP) is 2.22. The maximum absolute atomic E-state index is 4.30. The van der Waals surface area contributed by atoms with Crippen molar-refractivity contribution in [3.8, 4) is 0 Å². The molecule has 0 saturated heterocycles. The molecule has 62 valence electrons. The molecule has 0 atom stereocenters. The van der Waals surface area contributed by atoms with Crippen molar-refractivity contribution in [1.29, 1.82) is 0 Å². The highest BCUT2D eigenvalue weighted by Crippen LogP contribution is 2.23. The molecule has 0 amide bonds. The van der Waals surface area contributed by atoms with Crippen LogP contribution in [0.1, 0.15) is 0 Å². The number of nitrogens with zero attached hydrogens (tertiary/aromatic N) is 2. The Morgan fingerprint density at radius 1 is 1.33 bits per heavy atom. The van der Waals surface area contributed by atoms with Crippen molar-refractivity contribution in [2.45, 2.75) is 0 Å². The van der Waals surface area contributed by atoms with Crippen LogP contribution in [0.2, 0.25) is 0 Å². The summed E-state index contributed by atoms with van der Waals surface area (Å²) in [5.74, 6) is 1.03. The first-order chi connectivity index (χ1) is 5.88. The molecule has 2 heterocycles. The summed E-state index contributed by atoms with van der Waals surface area (Å²) in [5, 5.41) is 0. The highest BCUT2D eigenvalue weighted by Gasteiger charge is 2.10. The third-order valence-corrected chi connectivity index (χ3v) is 2.48. The number of rotatable bonds is 1. The number of hydrogen-bond donors (Lipinski definition) is 0. The number of halogens is 1. The minimum absolute atomic E-state index is 0.968. The largest absolute Gasteiger partial charge is 0.348 e. The quantitative estimate of drug-likeness (QED) is 0.681. The topological polar surface area (TPSA) is 16.1 Å². The van der Waals surface area contributed by atoms with E-state index < -0.39 is 0 Å². The predicted molar refractivity (Wildman–Crippen MR) is 53.3 cm³/mol. The van der Waals surface area contributed by atoms with Crippen LogP contribution in [0.15, 0.2) is 35.0 Å². The maximum atomic E-state index is 4.30. The summed E-state index contributed by atoms with van der Waals surface area (Å²) >= 11 is 3.47. The van der Waals surface area contributed by atoms with E-state index in [1.807, 2.05) is 18.3 Å². The first-order valence-electron chi connectivity index (χ1n) is 3.88. The van der Waals surface area contributed by atoms with Gasteiger partial charge >= 0.3 is 0 Å². The number of hydrogen-bond acceptors (Lipinski definition) is 2. The molecule has 2 rings (SSSR count). The summed E-state index contributed by atoms with van der Waals surface area (Å²) in [7, 11) is 0. The van der Waals surface area contributed by atoms with E-state index in [9.17, 15) is 0 Å². The van der Waals surface area contributed by atoms with Gasteiger partial charge in [-0.05, 0) is 28.1 Å². The van der Waals surface area contributed by atoms with Crippen LogP contribution in [-0.4, -0.2) is 18.1 Å². The lowest BCUT2D eigenvalue weighted by Crippen LogP contribution is -2.20. The molecule has 0 aromatic carbocycles. The number of aromatic nitrogens is 1. The summed E-state index contributed by atoms with van der Waals surface area (Å²) in [6, 6.07) is 3.94. The molecule has 0 N–H and O–H groups in total. The van der Waals surface area contributed by atoms with E-state index in [1.165, 1.54) is 0 Å². The van der Waals surface area contributed by atoms with Crippen LogP contribution < -0.4 is 4.90 Å². The van der Waals surface area contributed by atoms with E-state index in [0.717, 1.165) is 23.4 Å². The van der Waals surface area contributed by atoms with Crippen LogP contribution in [0, 0.1) is 0 Å². The molecule has 2 nitrogen and oxygen atoms in total. The van der Waals surface area contributed by atoms with Gasteiger partial charge in [0.1, 0.15) is 5.82 Å². The van der Waals surface area contributed by atoms with Crippen molar-refractivity contribution in [2.24, 2.45) is 0 Å². The zero-order valence-corrected chi connectivity index (χ0v) is 8.16. The monoisotopic (exact) mass is 224 g/mol. The van der Waals surface area contributed by atoms with Gasteiger partial charge in [-0.3, -0.25) is 0 Å². The molecular formula is C9H9BrN2. The first kappa shape index (κ1) is 7.80. The van der Waals surface area contributed by atoms with Crippen LogP contribution in [0.5, 0.6) is 0 Å². The fraction of sp³-hybridized carbons (Fsp3) is 0.222. The standard InChI is InChI=1S/C9H9BrN2/c10-8-4-3-5-11-9(8)12-6-1-2-7-12/h1-5H,6-7H2. The smallest absolute Gasteiger partial charge is 0.143 e. The Balaban J connectivity index is 2.27. The third-order valence-electron chi connectivity index (χ3n) is 1.86. The molecule has 1 aliphatic rings. The van der Waals surface area contributed by atoms with E-state index in [1.54, 1.807) is 0 Å². The summed E-state index contributed by atoms with van der Waals surface area (Å²) in [5.41, 5.74) is 0. The van der Waals surface area contributed by atoms with Gasteiger partial charge in [-0.15, -0.1) is 0 Å². The van der Waals surface area contributed by atoms with Crippen LogP contribution in [0.3, 0.4) is 0 Å². The molecule has 0 spiro atoms. The highest BCUT2D eigenvalue weighted by atomic mass is 79.9. The van der Waals surface area contributed by atoms with Crippen LogP contribution in [-0.2, 0) is 0 Å². The lowest BCUT2D eigenvalue weighted by atomic mass is 10.4. The molecule has 0 bridgehead atoms. The number of anilines is 1. The van der Waals surface area contributed by atoms with Crippen molar-refractivity contribution >= 4 is 21.7 Å². The molecule has 12 heavy (non-hydrogen) atoms. The van der Waals surface area contributed by atoms with E-state index in [4.69, 9.17) is 0 Å². The first-order valence-corrected chi connectivity index (χ1v) is 4.68. The van der Waals surface area contributed by atoms with Gasteiger partial charge in [-0.2, -0.15) is 0 Å². The van der Waals surface area contributed by atoms with Gasteiger partial charge in [0.15, 0.2) is 0 Å². The van der Waals surface area contributed by atoms with E-state index in [2.05, 4.69) is 38.0 Å². The van der Waals surface area contributed by atoms with Crippen molar-refractivity contribution in [2.75, 3.05) is 18.0 Å². The Bertz CT molecular complexity index is 301. The molecule has 0 aliphatic carbocycles. The maximum Gasteiger partial charge on any atom is 0.143 e. The molecule has 0 radical (unpaired) electrons. The summed E-state index contributed by atoms with van der Waals surface area (Å²) in [4.78, 5) is 6.51. The fourth-order valence-corrected chi connectivity index (χ4v) is 1.77. The Labute approximate surface area is 80.0 Å². The SMILES string of the molecule is Brc1cccnc1N1CC=CC1. The van der Waals surface area contributed by atoms with Crippen molar-refractivity contribution < 1.29 is 0 Å². The normalized spacial score (nSPS) is 15.6. The molecule has 1 aromatic rings. The van der Waals surface area contributed by atoms with Crippen molar-refractivity contribution in [3.05, 3.63) is 35.0 Å². The van der Waals surface area contributed by atoms with Gasteiger partial charge in [0.2, 0.25) is 0 Å². The minimum Gasteiger partial charge on any atom is -0.348 e.